The van der Waals surface area contributed by atoms with E-state index in [1.54, 1.807) is 0 Å². The van der Waals surface area contributed by atoms with Crippen LogP contribution in [0.4, 0.5) is 0 Å². The second kappa shape index (κ2) is 6.78. The number of nitrogens with one attached hydrogen (secondary N) is 1. The molecule has 2 aromatic rings. The Bertz CT molecular complexity index is 628. The van der Waals surface area contributed by atoms with Gasteiger partial charge in [-0.2, -0.15) is 4.98 Å². The van der Waals surface area contributed by atoms with E-state index < -0.39 is 0 Å². The first-order chi connectivity index (χ1) is 11.4. The van der Waals surface area contributed by atoms with E-state index in [-0.39, 0.29) is 0 Å². The van der Waals surface area contributed by atoms with Gasteiger partial charge in [-0.15, -0.1) is 0 Å². The molecule has 0 bridgehead atoms. The molecule has 1 aromatic carbocycles. The van der Waals surface area contributed by atoms with Crippen LogP contribution in [0.25, 0.3) is 11.4 Å². The van der Waals surface area contributed by atoms with Crippen molar-refractivity contribution in [3.63, 3.8) is 0 Å². The molecule has 4 rings (SSSR count). The molecule has 122 valence electrons. The normalized spacial score (nSPS) is 22.5. The molecule has 1 N–H and O–H groups in total. The SMILES string of the molecule is c1cc(-c2noc([C@H]3CCNC3)n2)ccc1CN1CCOCC1. The minimum absolute atomic E-state index is 0.358. The van der Waals surface area contributed by atoms with Crippen LogP contribution in [-0.4, -0.2) is 54.4 Å². The van der Waals surface area contributed by atoms with Gasteiger partial charge in [0.25, 0.3) is 0 Å². The largest absolute Gasteiger partial charge is 0.379 e. The molecule has 2 aliphatic heterocycles. The summed E-state index contributed by atoms with van der Waals surface area (Å²) < 4.78 is 10.8. The maximum atomic E-state index is 5.43. The third-order valence-corrected chi connectivity index (χ3v) is 4.57. The highest BCUT2D eigenvalue weighted by Gasteiger charge is 2.23. The maximum Gasteiger partial charge on any atom is 0.231 e. The lowest BCUT2D eigenvalue weighted by molar-refractivity contribution is 0.0342. The van der Waals surface area contributed by atoms with Crippen molar-refractivity contribution >= 4 is 0 Å². The number of hydrogen-bond acceptors (Lipinski definition) is 6. The zero-order valence-electron chi connectivity index (χ0n) is 13.2. The van der Waals surface area contributed by atoms with Gasteiger partial charge in [-0.3, -0.25) is 4.90 Å². The number of hydrogen-bond donors (Lipinski definition) is 1. The summed E-state index contributed by atoms with van der Waals surface area (Å²) in [4.78, 5) is 6.98. The quantitative estimate of drug-likeness (QED) is 0.926. The summed E-state index contributed by atoms with van der Waals surface area (Å²) >= 11 is 0. The van der Waals surface area contributed by atoms with Crippen LogP contribution in [0.1, 0.15) is 23.8 Å². The Morgan fingerprint density at radius 2 is 2.00 bits per heavy atom. The summed E-state index contributed by atoms with van der Waals surface area (Å²) in [5.41, 5.74) is 2.32. The van der Waals surface area contributed by atoms with E-state index in [0.717, 1.165) is 63.8 Å². The Labute approximate surface area is 135 Å². The molecule has 0 saturated carbocycles. The third kappa shape index (κ3) is 3.44. The Morgan fingerprint density at radius 1 is 1.17 bits per heavy atom. The summed E-state index contributed by atoms with van der Waals surface area (Å²) in [5.74, 6) is 1.80. The minimum atomic E-state index is 0.358. The van der Waals surface area contributed by atoms with Crippen LogP contribution in [0.3, 0.4) is 0 Å². The van der Waals surface area contributed by atoms with Crippen LogP contribution in [0.15, 0.2) is 28.8 Å². The monoisotopic (exact) mass is 314 g/mol. The van der Waals surface area contributed by atoms with Gasteiger partial charge in [-0.25, -0.2) is 0 Å². The molecule has 2 aliphatic rings. The van der Waals surface area contributed by atoms with Gasteiger partial charge in [-0.1, -0.05) is 29.4 Å². The third-order valence-electron chi connectivity index (χ3n) is 4.57. The number of ether oxygens (including phenoxy) is 1. The van der Waals surface area contributed by atoms with Gasteiger partial charge < -0.3 is 14.6 Å². The summed E-state index contributed by atoms with van der Waals surface area (Å²) in [5, 5.41) is 7.46. The Balaban J connectivity index is 1.43. The van der Waals surface area contributed by atoms with Crippen molar-refractivity contribution in [2.24, 2.45) is 0 Å². The zero-order chi connectivity index (χ0) is 15.5. The lowest BCUT2D eigenvalue weighted by Crippen LogP contribution is -2.35. The van der Waals surface area contributed by atoms with E-state index in [1.807, 2.05) is 0 Å². The molecule has 2 fully saturated rings. The van der Waals surface area contributed by atoms with E-state index in [2.05, 4.69) is 44.6 Å². The van der Waals surface area contributed by atoms with Gasteiger partial charge in [0.15, 0.2) is 0 Å². The molecule has 0 radical (unpaired) electrons. The summed E-state index contributed by atoms with van der Waals surface area (Å²) in [7, 11) is 0. The minimum Gasteiger partial charge on any atom is -0.379 e. The van der Waals surface area contributed by atoms with Crippen molar-refractivity contribution in [1.29, 1.82) is 0 Å². The molecule has 6 heteroatoms. The molecule has 0 aliphatic carbocycles. The van der Waals surface area contributed by atoms with Crippen molar-refractivity contribution in [3.05, 3.63) is 35.7 Å². The number of benzene rings is 1. The molecule has 0 spiro atoms. The first-order valence-electron chi connectivity index (χ1n) is 8.32. The number of aromatic nitrogens is 2. The summed E-state index contributed by atoms with van der Waals surface area (Å²) in [6.07, 6.45) is 1.07. The van der Waals surface area contributed by atoms with Crippen LogP contribution >= 0.6 is 0 Å². The Kier molecular flexibility index (Phi) is 4.37. The van der Waals surface area contributed by atoms with E-state index in [0.29, 0.717) is 11.7 Å². The first kappa shape index (κ1) is 14.8. The smallest absolute Gasteiger partial charge is 0.231 e. The lowest BCUT2D eigenvalue weighted by Gasteiger charge is -2.26. The van der Waals surface area contributed by atoms with Gasteiger partial charge in [0.1, 0.15) is 0 Å². The molecule has 1 aromatic heterocycles. The molecular weight excluding hydrogens is 292 g/mol. The van der Waals surface area contributed by atoms with Gasteiger partial charge in [0.2, 0.25) is 11.7 Å². The van der Waals surface area contributed by atoms with Gasteiger partial charge in [0, 0.05) is 31.7 Å². The molecular formula is C17H22N4O2. The van der Waals surface area contributed by atoms with Crippen molar-refractivity contribution < 1.29 is 9.26 Å². The predicted molar refractivity (Wildman–Crippen MR) is 86.1 cm³/mol. The molecule has 3 heterocycles. The molecule has 1 atom stereocenters. The van der Waals surface area contributed by atoms with Crippen LogP contribution < -0.4 is 5.32 Å². The van der Waals surface area contributed by atoms with Gasteiger partial charge in [-0.05, 0) is 18.5 Å². The van der Waals surface area contributed by atoms with E-state index in [1.165, 1.54) is 5.56 Å². The zero-order valence-corrected chi connectivity index (χ0v) is 13.2. The number of morpholine rings is 1. The van der Waals surface area contributed by atoms with Crippen molar-refractivity contribution in [3.8, 4) is 11.4 Å². The van der Waals surface area contributed by atoms with E-state index >= 15 is 0 Å². The van der Waals surface area contributed by atoms with Gasteiger partial charge >= 0.3 is 0 Å². The standard InChI is InChI=1S/C17H22N4O2/c1-3-14(4-2-13(1)12-21-7-9-22-10-8-21)16-19-17(23-20-16)15-5-6-18-11-15/h1-4,15,18H,5-12H2/t15-/m0/s1. The van der Waals surface area contributed by atoms with Crippen LogP contribution in [0, 0.1) is 0 Å². The summed E-state index contributed by atoms with van der Waals surface area (Å²) in [6.45, 7) is 6.60. The fourth-order valence-electron chi connectivity index (χ4n) is 3.16. The van der Waals surface area contributed by atoms with Crippen molar-refractivity contribution in [1.82, 2.24) is 20.4 Å². The Morgan fingerprint density at radius 3 is 2.74 bits per heavy atom. The highest BCUT2D eigenvalue weighted by Crippen LogP contribution is 2.24. The Hall–Kier alpha value is -1.76. The molecule has 0 unspecified atom stereocenters. The van der Waals surface area contributed by atoms with Crippen molar-refractivity contribution in [2.45, 2.75) is 18.9 Å². The maximum absolute atomic E-state index is 5.43. The highest BCUT2D eigenvalue weighted by molar-refractivity contribution is 5.54. The number of nitrogens with zero attached hydrogens (tertiary/aromatic N) is 3. The molecule has 6 nitrogen and oxygen atoms in total. The van der Waals surface area contributed by atoms with Crippen LogP contribution in [0.5, 0.6) is 0 Å². The second-order valence-corrected chi connectivity index (χ2v) is 6.23. The molecule has 2 saturated heterocycles. The second-order valence-electron chi connectivity index (χ2n) is 6.23. The molecule has 0 amide bonds. The fraction of sp³-hybridized carbons (Fsp3) is 0.529. The average molecular weight is 314 g/mol. The topological polar surface area (TPSA) is 63.4 Å². The van der Waals surface area contributed by atoms with E-state index in [4.69, 9.17) is 9.26 Å². The first-order valence-corrected chi connectivity index (χ1v) is 8.32. The fourth-order valence-corrected chi connectivity index (χ4v) is 3.16. The predicted octanol–water partition coefficient (Wildman–Crippen LogP) is 1.65. The van der Waals surface area contributed by atoms with E-state index in [9.17, 15) is 0 Å². The molecule has 23 heavy (non-hydrogen) atoms. The number of rotatable bonds is 4. The average Bonchev–Trinajstić information content (AvgIpc) is 3.28. The van der Waals surface area contributed by atoms with Gasteiger partial charge in [0.05, 0.1) is 19.1 Å². The van der Waals surface area contributed by atoms with Crippen molar-refractivity contribution in [2.75, 3.05) is 39.4 Å². The van der Waals surface area contributed by atoms with Crippen LogP contribution in [0.2, 0.25) is 0 Å². The van der Waals surface area contributed by atoms with Crippen LogP contribution in [-0.2, 0) is 11.3 Å². The summed E-state index contributed by atoms with van der Waals surface area (Å²) in [6, 6.07) is 8.46. The lowest BCUT2D eigenvalue weighted by atomic mass is 10.1. The highest BCUT2D eigenvalue weighted by atomic mass is 16.5.